The van der Waals surface area contributed by atoms with E-state index in [1.807, 2.05) is 12.1 Å². The fraction of sp³-hybridized carbons (Fsp3) is 0.526. The number of methoxy groups -OCH3 is 3. The number of nitrogens with zero attached hydrogens (tertiary/aromatic N) is 2. The molecule has 2 heterocycles. The van der Waals surface area contributed by atoms with Gasteiger partial charge < -0.3 is 24.3 Å². The van der Waals surface area contributed by atoms with E-state index in [0.29, 0.717) is 36.3 Å². The van der Waals surface area contributed by atoms with Crippen LogP contribution in [0.3, 0.4) is 0 Å². The highest BCUT2D eigenvalue weighted by Crippen LogP contribution is 2.41. The Balaban J connectivity index is 1.69. The Morgan fingerprint density at radius 2 is 1.85 bits per heavy atom. The van der Waals surface area contributed by atoms with Gasteiger partial charge in [0.05, 0.1) is 32.2 Å². The van der Waals surface area contributed by atoms with E-state index in [2.05, 4.69) is 10.3 Å². The van der Waals surface area contributed by atoms with Gasteiger partial charge in [-0.15, -0.1) is 0 Å². The largest absolute Gasteiger partial charge is 0.493 e. The zero-order chi connectivity index (χ0) is 19.0. The summed E-state index contributed by atoms with van der Waals surface area (Å²) in [5, 5.41) is 3.89. The van der Waals surface area contributed by atoms with E-state index >= 15 is 0 Å². The Hall–Kier alpha value is -2.61. The number of carbonyl (C=O) groups excluding carboxylic acids is 1. The number of ether oxygens (including phenoxy) is 4. The summed E-state index contributed by atoms with van der Waals surface area (Å²) in [6.45, 7) is 0.553. The zero-order valence-corrected chi connectivity index (χ0v) is 15.7. The third kappa shape index (κ3) is 3.49. The maximum Gasteiger partial charge on any atom is 0.323 e. The van der Waals surface area contributed by atoms with Crippen LogP contribution in [0.25, 0.3) is 10.9 Å². The Labute approximate surface area is 157 Å². The predicted octanol–water partition coefficient (Wildman–Crippen LogP) is 1.81. The van der Waals surface area contributed by atoms with E-state index in [0.717, 1.165) is 29.6 Å². The van der Waals surface area contributed by atoms with E-state index in [9.17, 15) is 4.79 Å². The second-order valence-corrected chi connectivity index (χ2v) is 6.85. The third-order valence-electron chi connectivity index (χ3n) is 4.98. The van der Waals surface area contributed by atoms with Crippen molar-refractivity contribution < 1.29 is 23.7 Å². The fourth-order valence-electron chi connectivity index (χ4n) is 3.33. The minimum absolute atomic E-state index is 0.174. The topological polar surface area (TPSA) is 91.8 Å². The molecule has 0 bridgehead atoms. The summed E-state index contributed by atoms with van der Waals surface area (Å²) < 4.78 is 21.8. The van der Waals surface area contributed by atoms with Crippen LogP contribution >= 0.6 is 0 Å². The van der Waals surface area contributed by atoms with Crippen molar-refractivity contribution in [2.45, 2.75) is 37.3 Å². The van der Waals surface area contributed by atoms with Crippen LogP contribution in [0.15, 0.2) is 12.1 Å². The second-order valence-electron chi connectivity index (χ2n) is 6.85. The highest BCUT2D eigenvalue weighted by Gasteiger charge is 2.33. The molecule has 1 saturated heterocycles. The van der Waals surface area contributed by atoms with Crippen molar-refractivity contribution in [1.29, 1.82) is 0 Å². The van der Waals surface area contributed by atoms with Crippen molar-refractivity contribution in [2.24, 2.45) is 0 Å². The Kier molecular flexibility index (Phi) is 4.73. The van der Waals surface area contributed by atoms with Gasteiger partial charge in [-0.3, -0.25) is 4.79 Å². The van der Waals surface area contributed by atoms with Gasteiger partial charge in [-0.05, 0) is 18.9 Å². The smallest absolute Gasteiger partial charge is 0.323 e. The summed E-state index contributed by atoms with van der Waals surface area (Å²) in [5.41, 5.74) is 0.759. The summed E-state index contributed by atoms with van der Waals surface area (Å²) in [4.78, 5) is 21.1. The van der Waals surface area contributed by atoms with Crippen molar-refractivity contribution in [1.82, 2.24) is 15.3 Å². The first kappa shape index (κ1) is 17.8. The molecule has 2 atom stereocenters. The second kappa shape index (κ2) is 7.19. The summed E-state index contributed by atoms with van der Waals surface area (Å²) in [7, 11) is 4.57. The Morgan fingerprint density at radius 1 is 1.11 bits per heavy atom. The van der Waals surface area contributed by atoms with Crippen LogP contribution in [0.1, 0.15) is 31.0 Å². The van der Waals surface area contributed by atoms with Gasteiger partial charge in [-0.2, -0.15) is 4.98 Å². The first-order valence-electron chi connectivity index (χ1n) is 9.04. The lowest BCUT2D eigenvalue weighted by Crippen LogP contribution is -2.31. The predicted molar refractivity (Wildman–Crippen MR) is 97.5 cm³/mol. The molecule has 1 unspecified atom stereocenters. The Bertz CT molecular complexity index is 868. The number of hydrogen-bond donors (Lipinski definition) is 1. The van der Waals surface area contributed by atoms with E-state index in [1.54, 1.807) is 14.2 Å². The summed E-state index contributed by atoms with van der Waals surface area (Å²) >= 11 is 0. The van der Waals surface area contributed by atoms with Crippen LogP contribution in [0, 0.1) is 0 Å². The average molecular weight is 373 g/mol. The Morgan fingerprint density at radius 3 is 2.52 bits per heavy atom. The highest BCUT2D eigenvalue weighted by molar-refractivity contribution is 5.87. The molecule has 0 amide bonds. The normalized spacial score (nSPS) is 21.9. The molecular weight excluding hydrogens is 350 g/mol. The number of carbonyl (C=O) groups is 1. The number of rotatable bonds is 6. The quantitative estimate of drug-likeness (QED) is 0.767. The van der Waals surface area contributed by atoms with Crippen molar-refractivity contribution in [3.63, 3.8) is 0 Å². The van der Waals surface area contributed by atoms with Crippen molar-refractivity contribution in [2.75, 3.05) is 27.9 Å². The lowest BCUT2D eigenvalue weighted by atomic mass is 10.2. The van der Waals surface area contributed by atoms with Crippen molar-refractivity contribution in [3.8, 4) is 17.4 Å². The molecule has 1 N–H and O–H groups in total. The van der Waals surface area contributed by atoms with E-state index < -0.39 is 0 Å². The molecular formula is C19H23N3O5. The lowest BCUT2D eigenvalue weighted by molar-refractivity contribution is -0.142. The molecule has 8 nitrogen and oxygen atoms in total. The van der Waals surface area contributed by atoms with Crippen LogP contribution < -0.4 is 19.5 Å². The molecule has 4 rings (SSSR count). The van der Waals surface area contributed by atoms with Crippen LogP contribution in [0.4, 0.5) is 0 Å². The summed E-state index contributed by atoms with van der Waals surface area (Å²) in [6, 6.07) is 3.32. The van der Waals surface area contributed by atoms with Crippen molar-refractivity contribution in [3.05, 3.63) is 18.0 Å². The monoisotopic (exact) mass is 373 g/mol. The van der Waals surface area contributed by atoms with Gasteiger partial charge >= 0.3 is 5.97 Å². The van der Waals surface area contributed by atoms with E-state index in [4.69, 9.17) is 23.9 Å². The molecule has 0 spiro atoms. The van der Waals surface area contributed by atoms with Gasteiger partial charge in [-0.25, -0.2) is 4.98 Å². The SMILES string of the molecule is COC(=O)C1C[C@@H](Oc2nc(C3CC3)nc3cc(OC)c(OC)cc23)CN1. The highest BCUT2D eigenvalue weighted by atomic mass is 16.5. The molecule has 2 aliphatic rings. The molecule has 2 fully saturated rings. The number of esters is 1. The molecule has 1 saturated carbocycles. The van der Waals surface area contributed by atoms with Crippen LogP contribution in [0.5, 0.6) is 17.4 Å². The van der Waals surface area contributed by atoms with Gasteiger partial charge in [0.15, 0.2) is 11.5 Å². The number of nitrogens with one attached hydrogen (secondary N) is 1. The van der Waals surface area contributed by atoms with Crippen LogP contribution in [0.2, 0.25) is 0 Å². The number of benzene rings is 1. The molecule has 27 heavy (non-hydrogen) atoms. The molecule has 1 aromatic heterocycles. The number of aromatic nitrogens is 2. The maximum atomic E-state index is 11.7. The average Bonchev–Trinajstić information content (AvgIpc) is 3.45. The first-order valence-corrected chi connectivity index (χ1v) is 9.04. The molecule has 0 radical (unpaired) electrons. The van der Waals surface area contributed by atoms with Crippen molar-refractivity contribution >= 4 is 16.9 Å². The first-order chi connectivity index (χ1) is 13.1. The molecule has 1 aromatic carbocycles. The molecule has 1 aliphatic heterocycles. The lowest BCUT2D eigenvalue weighted by Gasteiger charge is -2.16. The summed E-state index contributed by atoms with van der Waals surface area (Å²) in [6.07, 6.45) is 2.54. The minimum atomic E-state index is -0.356. The summed E-state index contributed by atoms with van der Waals surface area (Å²) in [5.74, 6) is 2.62. The van der Waals surface area contributed by atoms with E-state index in [-0.39, 0.29) is 18.1 Å². The zero-order valence-electron chi connectivity index (χ0n) is 15.7. The van der Waals surface area contributed by atoms with Crippen LogP contribution in [-0.4, -0.2) is 56.0 Å². The molecule has 144 valence electrons. The molecule has 8 heteroatoms. The fourth-order valence-corrected chi connectivity index (χ4v) is 3.33. The van der Waals surface area contributed by atoms with Gasteiger partial charge in [0.1, 0.15) is 18.0 Å². The van der Waals surface area contributed by atoms with E-state index in [1.165, 1.54) is 7.11 Å². The van der Waals surface area contributed by atoms with Gasteiger partial charge in [0.25, 0.3) is 0 Å². The molecule has 2 aromatic rings. The van der Waals surface area contributed by atoms with Gasteiger partial charge in [0.2, 0.25) is 5.88 Å². The number of fused-ring (bicyclic) bond motifs is 1. The van der Waals surface area contributed by atoms with Gasteiger partial charge in [-0.1, -0.05) is 0 Å². The van der Waals surface area contributed by atoms with Crippen LogP contribution in [-0.2, 0) is 9.53 Å². The van der Waals surface area contributed by atoms with Gasteiger partial charge in [0, 0.05) is 24.9 Å². The minimum Gasteiger partial charge on any atom is -0.493 e. The molecule has 1 aliphatic carbocycles. The third-order valence-corrected chi connectivity index (χ3v) is 4.98. The maximum absolute atomic E-state index is 11.7. The standard InChI is InChI=1S/C19H23N3O5/c1-24-15-7-12-13(8-16(15)25-2)21-17(10-4-5-10)22-18(12)27-11-6-14(20-9-11)19(23)26-3/h7-8,10-11,14,20H,4-6,9H2,1-3H3/t11-,14?/m1/s1. The number of hydrogen-bond acceptors (Lipinski definition) is 8.